The highest BCUT2D eigenvalue weighted by atomic mass is 16.5. The molecule has 0 unspecified atom stereocenters. The monoisotopic (exact) mass is 232 g/mol. The third-order valence-corrected chi connectivity index (χ3v) is 2.19. The van der Waals surface area contributed by atoms with Crippen LogP contribution in [-0.2, 0) is 6.54 Å². The van der Waals surface area contributed by atoms with Gasteiger partial charge in [0, 0.05) is 13.1 Å². The van der Waals surface area contributed by atoms with Crippen LogP contribution in [0.5, 0.6) is 5.75 Å². The number of nitrogens with zero attached hydrogens (tertiary/aromatic N) is 1. The third-order valence-electron chi connectivity index (χ3n) is 2.19. The Morgan fingerprint density at radius 2 is 2.12 bits per heavy atom. The van der Waals surface area contributed by atoms with Crippen molar-refractivity contribution in [2.45, 2.75) is 27.3 Å². The summed E-state index contributed by atoms with van der Waals surface area (Å²) >= 11 is 0. The van der Waals surface area contributed by atoms with Crippen LogP contribution in [0.15, 0.2) is 24.3 Å². The fraction of sp³-hybridized carbons (Fsp3) is 0.500. The van der Waals surface area contributed by atoms with E-state index in [-0.39, 0.29) is 12.0 Å². The van der Waals surface area contributed by atoms with Gasteiger partial charge in [-0.2, -0.15) is 5.26 Å². The molecule has 3 nitrogen and oxygen atoms in total. The molecule has 0 atom stereocenters. The Balaban J connectivity index is 2.46. The van der Waals surface area contributed by atoms with Gasteiger partial charge in [-0.05, 0) is 23.1 Å². The van der Waals surface area contributed by atoms with Gasteiger partial charge in [-0.25, -0.2) is 0 Å². The predicted octanol–water partition coefficient (Wildman–Crippen LogP) is 2.72. The quantitative estimate of drug-likeness (QED) is 0.849. The molecule has 0 saturated heterocycles. The van der Waals surface area contributed by atoms with Crippen LogP contribution >= 0.6 is 0 Å². The van der Waals surface area contributed by atoms with Gasteiger partial charge < -0.3 is 10.1 Å². The number of ether oxygens (including phenoxy) is 1. The normalized spacial score (nSPS) is 10.9. The molecule has 3 heteroatoms. The SMILES string of the molecule is CC(C)(C)CNCc1cccc(OCC#N)c1. The van der Waals surface area contributed by atoms with Crippen molar-refractivity contribution in [3.05, 3.63) is 29.8 Å². The maximum absolute atomic E-state index is 8.44. The molecule has 0 amide bonds. The molecule has 17 heavy (non-hydrogen) atoms. The standard InChI is InChI=1S/C14H20N2O/c1-14(2,3)11-16-10-12-5-4-6-13(9-12)17-8-7-15/h4-6,9,16H,8,10-11H2,1-3H3. The second kappa shape index (κ2) is 6.27. The molecule has 1 aromatic carbocycles. The second-order valence-corrected chi connectivity index (χ2v) is 5.26. The molecule has 1 aromatic rings. The molecule has 0 aliphatic carbocycles. The molecule has 0 fully saturated rings. The summed E-state index contributed by atoms with van der Waals surface area (Å²) in [5.41, 5.74) is 1.46. The topological polar surface area (TPSA) is 45.0 Å². The average Bonchev–Trinajstić information content (AvgIpc) is 2.25. The Morgan fingerprint density at radius 3 is 2.76 bits per heavy atom. The van der Waals surface area contributed by atoms with Crippen molar-refractivity contribution < 1.29 is 4.74 Å². The van der Waals surface area contributed by atoms with Gasteiger partial charge in [-0.1, -0.05) is 32.9 Å². The zero-order valence-corrected chi connectivity index (χ0v) is 10.8. The highest BCUT2D eigenvalue weighted by molar-refractivity contribution is 5.28. The lowest BCUT2D eigenvalue weighted by Gasteiger charge is -2.18. The summed E-state index contributed by atoms with van der Waals surface area (Å²) in [5, 5.41) is 11.8. The first-order chi connectivity index (χ1) is 8.01. The molecule has 0 aliphatic heterocycles. The Labute approximate surface area is 103 Å². The molecular weight excluding hydrogens is 212 g/mol. The average molecular weight is 232 g/mol. The Kier molecular flexibility index (Phi) is 4.99. The minimum atomic E-state index is 0.0961. The van der Waals surface area contributed by atoms with Gasteiger partial charge in [0.05, 0.1) is 0 Å². The van der Waals surface area contributed by atoms with Gasteiger partial charge in [0.1, 0.15) is 11.8 Å². The van der Waals surface area contributed by atoms with Crippen LogP contribution in [0, 0.1) is 16.7 Å². The molecular formula is C14H20N2O. The summed E-state index contributed by atoms with van der Waals surface area (Å²) < 4.78 is 5.25. The maximum Gasteiger partial charge on any atom is 0.174 e. The third kappa shape index (κ3) is 5.94. The van der Waals surface area contributed by atoms with Gasteiger partial charge in [-0.3, -0.25) is 0 Å². The summed E-state index contributed by atoms with van der Waals surface area (Å²) in [4.78, 5) is 0. The molecule has 0 bridgehead atoms. The maximum atomic E-state index is 8.44. The summed E-state index contributed by atoms with van der Waals surface area (Å²) in [6.45, 7) is 8.49. The fourth-order valence-electron chi connectivity index (χ4n) is 1.44. The molecule has 0 aromatic heterocycles. The number of benzene rings is 1. The smallest absolute Gasteiger partial charge is 0.174 e. The minimum Gasteiger partial charge on any atom is -0.479 e. The Morgan fingerprint density at radius 1 is 1.35 bits per heavy atom. The lowest BCUT2D eigenvalue weighted by atomic mass is 9.97. The van der Waals surface area contributed by atoms with Crippen molar-refractivity contribution in [3.63, 3.8) is 0 Å². The van der Waals surface area contributed by atoms with E-state index in [2.05, 4.69) is 32.2 Å². The lowest BCUT2D eigenvalue weighted by molar-refractivity contribution is 0.366. The molecule has 0 heterocycles. The van der Waals surface area contributed by atoms with E-state index in [4.69, 9.17) is 10.00 Å². The largest absolute Gasteiger partial charge is 0.479 e. The fourth-order valence-corrected chi connectivity index (χ4v) is 1.44. The number of hydrogen-bond donors (Lipinski definition) is 1. The van der Waals surface area contributed by atoms with Gasteiger partial charge in [0.25, 0.3) is 0 Å². The molecule has 0 spiro atoms. The van der Waals surface area contributed by atoms with Crippen LogP contribution in [0.3, 0.4) is 0 Å². The van der Waals surface area contributed by atoms with Gasteiger partial charge in [-0.15, -0.1) is 0 Å². The van der Waals surface area contributed by atoms with Gasteiger partial charge in [0.15, 0.2) is 6.61 Å². The molecule has 0 saturated carbocycles. The van der Waals surface area contributed by atoms with Crippen LogP contribution in [0.2, 0.25) is 0 Å². The number of nitrogens with one attached hydrogen (secondary N) is 1. The zero-order valence-electron chi connectivity index (χ0n) is 10.8. The molecule has 1 N–H and O–H groups in total. The summed E-state index contributed by atoms with van der Waals surface area (Å²) in [6.07, 6.45) is 0. The van der Waals surface area contributed by atoms with E-state index in [0.717, 1.165) is 18.8 Å². The zero-order chi connectivity index (χ0) is 12.7. The minimum absolute atomic E-state index is 0.0961. The van der Waals surface area contributed by atoms with Crippen LogP contribution in [0.25, 0.3) is 0 Å². The van der Waals surface area contributed by atoms with Crippen molar-refractivity contribution in [2.75, 3.05) is 13.2 Å². The van der Waals surface area contributed by atoms with E-state index < -0.39 is 0 Å². The molecule has 1 rings (SSSR count). The molecule has 0 aliphatic rings. The first-order valence-electron chi connectivity index (χ1n) is 5.81. The number of hydrogen-bond acceptors (Lipinski definition) is 3. The Bertz CT molecular complexity index is 388. The molecule has 0 radical (unpaired) electrons. The summed E-state index contributed by atoms with van der Waals surface area (Å²) in [6, 6.07) is 9.79. The number of nitriles is 1. The summed E-state index contributed by atoms with van der Waals surface area (Å²) in [7, 11) is 0. The van der Waals surface area contributed by atoms with Crippen LogP contribution in [0.4, 0.5) is 0 Å². The first kappa shape index (κ1) is 13.5. The van der Waals surface area contributed by atoms with E-state index in [1.54, 1.807) is 0 Å². The van der Waals surface area contributed by atoms with E-state index >= 15 is 0 Å². The Hall–Kier alpha value is -1.53. The van der Waals surface area contributed by atoms with Crippen LogP contribution in [0.1, 0.15) is 26.3 Å². The molecule has 92 valence electrons. The van der Waals surface area contributed by atoms with Crippen molar-refractivity contribution in [1.29, 1.82) is 5.26 Å². The van der Waals surface area contributed by atoms with Crippen LogP contribution < -0.4 is 10.1 Å². The van der Waals surface area contributed by atoms with Crippen molar-refractivity contribution >= 4 is 0 Å². The first-order valence-corrected chi connectivity index (χ1v) is 5.81. The lowest BCUT2D eigenvalue weighted by Crippen LogP contribution is -2.26. The predicted molar refractivity (Wildman–Crippen MR) is 68.7 cm³/mol. The van der Waals surface area contributed by atoms with E-state index in [1.165, 1.54) is 5.56 Å². The summed E-state index contributed by atoms with van der Waals surface area (Å²) in [5.74, 6) is 0.751. The van der Waals surface area contributed by atoms with Crippen molar-refractivity contribution in [2.24, 2.45) is 5.41 Å². The van der Waals surface area contributed by atoms with E-state index in [9.17, 15) is 0 Å². The highest BCUT2D eigenvalue weighted by Crippen LogP contribution is 2.14. The van der Waals surface area contributed by atoms with Crippen LogP contribution in [-0.4, -0.2) is 13.2 Å². The van der Waals surface area contributed by atoms with Gasteiger partial charge >= 0.3 is 0 Å². The van der Waals surface area contributed by atoms with E-state index in [0.29, 0.717) is 0 Å². The highest BCUT2D eigenvalue weighted by Gasteiger charge is 2.08. The van der Waals surface area contributed by atoms with Crippen molar-refractivity contribution in [3.8, 4) is 11.8 Å². The number of rotatable bonds is 5. The van der Waals surface area contributed by atoms with E-state index in [1.807, 2.05) is 24.3 Å². The second-order valence-electron chi connectivity index (χ2n) is 5.26. The van der Waals surface area contributed by atoms with Crippen molar-refractivity contribution in [1.82, 2.24) is 5.32 Å². The van der Waals surface area contributed by atoms with Gasteiger partial charge in [0.2, 0.25) is 0 Å².